The first-order valence-corrected chi connectivity index (χ1v) is 10.7. The topological polar surface area (TPSA) is 86.4 Å². The lowest BCUT2D eigenvalue weighted by molar-refractivity contribution is 0.387. The van der Waals surface area contributed by atoms with Crippen LogP contribution in [0.25, 0.3) is 0 Å². The molecular weight excluding hydrogens is 392 g/mol. The van der Waals surface area contributed by atoms with Crippen molar-refractivity contribution >= 4 is 21.6 Å². The Kier molecular flexibility index (Phi) is 4.77. The second-order valence-electron chi connectivity index (χ2n) is 6.93. The summed E-state index contributed by atoms with van der Waals surface area (Å²) in [5.74, 6) is 1.43. The predicted molar refractivity (Wildman–Crippen MR) is 99.7 cm³/mol. The quantitative estimate of drug-likeness (QED) is 0.740. The molecule has 0 unspecified atom stereocenters. The van der Waals surface area contributed by atoms with Crippen molar-refractivity contribution in [3.63, 3.8) is 0 Å². The number of benzene rings is 1. The third-order valence-electron chi connectivity index (χ3n) is 5.03. The second-order valence-corrected chi connectivity index (χ2v) is 9.27. The molecule has 0 radical (unpaired) electrons. The van der Waals surface area contributed by atoms with Crippen LogP contribution < -0.4 is 10.4 Å². The van der Waals surface area contributed by atoms with Crippen molar-refractivity contribution in [3.05, 3.63) is 39.5 Å². The maximum absolute atomic E-state index is 13.1. The van der Waals surface area contributed by atoms with Crippen LogP contribution in [0.5, 0.6) is 5.75 Å². The molecule has 0 N–H and O–H groups in total. The Hall–Kier alpha value is -1.84. The van der Waals surface area contributed by atoms with Gasteiger partial charge in [-0.1, -0.05) is 11.6 Å². The summed E-state index contributed by atoms with van der Waals surface area (Å²) < 4.78 is 35.9. The van der Waals surface area contributed by atoms with Crippen molar-refractivity contribution in [1.29, 1.82) is 0 Å². The average molecular weight is 413 g/mol. The Morgan fingerprint density at radius 2 is 2.04 bits per heavy atom. The molecule has 10 heteroatoms. The number of rotatable bonds is 5. The predicted octanol–water partition coefficient (Wildman–Crippen LogP) is 1.36. The highest BCUT2D eigenvalue weighted by atomic mass is 35.5. The van der Waals surface area contributed by atoms with Crippen LogP contribution in [0.15, 0.2) is 27.9 Å². The summed E-state index contributed by atoms with van der Waals surface area (Å²) in [6.07, 6.45) is 2.67. The molecule has 8 nitrogen and oxygen atoms in total. The molecule has 1 fully saturated rings. The van der Waals surface area contributed by atoms with Crippen molar-refractivity contribution in [1.82, 2.24) is 18.7 Å². The molecule has 0 spiro atoms. The molecule has 2 aromatic rings. The van der Waals surface area contributed by atoms with Crippen LogP contribution in [-0.4, -0.2) is 47.3 Å². The number of aromatic nitrogens is 3. The van der Waals surface area contributed by atoms with Gasteiger partial charge in [-0.3, -0.25) is 4.57 Å². The summed E-state index contributed by atoms with van der Waals surface area (Å²) in [6, 6.07) is 4.51. The number of nitrogens with zero attached hydrogens (tertiary/aromatic N) is 4. The highest BCUT2D eigenvalue weighted by Gasteiger charge is 2.31. The zero-order chi connectivity index (χ0) is 19.2. The molecule has 146 valence electrons. The molecule has 4 rings (SSSR count). The van der Waals surface area contributed by atoms with Crippen molar-refractivity contribution < 1.29 is 13.2 Å². The lowest BCUT2D eigenvalue weighted by atomic mass is 10.3. The standard InChI is InChI=1S/C17H21ClN4O4S/c1-26-14-5-4-13(18)10-15(14)27(24,25)20-7-6-16-19-22(11-12-2-3-12)17(23)21(16)9-8-20/h4-5,10,12H,2-3,6-9,11H2,1H3. The Morgan fingerprint density at radius 1 is 1.26 bits per heavy atom. The Morgan fingerprint density at radius 3 is 2.74 bits per heavy atom. The lowest BCUT2D eigenvalue weighted by Gasteiger charge is -2.21. The summed E-state index contributed by atoms with van der Waals surface area (Å²) in [4.78, 5) is 12.6. The zero-order valence-corrected chi connectivity index (χ0v) is 16.5. The molecule has 2 heterocycles. The highest BCUT2D eigenvalue weighted by molar-refractivity contribution is 7.89. The van der Waals surface area contributed by atoms with Crippen LogP contribution in [0.2, 0.25) is 5.02 Å². The molecule has 0 amide bonds. The summed E-state index contributed by atoms with van der Waals surface area (Å²) in [6.45, 7) is 1.37. The molecule has 0 saturated heterocycles. The number of fused-ring (bicyclic) bond motifs is 1. The number of methoxy groups -OCH3 is 1. The van der Waals surface area contributed by atoms with Gasteiger partial charge < -0.3 is 4.74 Å². The van der Waals surface area contributed by atoms with Crippen molar-refractivity contribution in [3.8, 4) is 5.75 Å². The fourth-order valence-electron chi connectivity index (χ4n) is 3.34. The second kappa shape index (κ2) is 6.96. The van der Waals surface area contributed by atoms with Gasteiger partial charge in [-0.05, 0) is 37.0 Å². The molecule has 1 aliphatic carbocycles. The van der Waals surface area contributed by atoms with Gasteiger partial charge in [0, 0.05) is 37.6 Å². The summed E-state index contributed by atoms with van der Waals surface area (Å²) in [5.41, 5.74) is -0.156. The van der Waals surface area contributed by atoms with E-state index in [0.717, 1.165) is 12.8 Å². The number of ether oxygens (including phenoxy) is 1. The van der Waals surface area contributed by atoms with E-state index in [0.29, 0.717) is 29.7 Å². The Labute approximate surface area is 162 Å². The highest BCUT2D eigenvalue weighted by Crippen LogP contribution is 2.31. The molecule has 0 atom stereocenters. The summed E-state index contributed by atoms with van der Waals surface area (Å²) in [5, 5.41) is 4.75. The van der Waals surface area contributed by atoms with E-state index >= 15 is 0 Å². The van der Waals surface area contributed by atoms with E-state index < -0.39 is 10.0 Å². The average Bonchev–Trinajstić information content (AvgIpc) is 3.43. The first kappa shape index (κ1) is 18.5. The molecule has 27 heavy (non-hydrogen) atoms. The molecule has 1 aromatic heterocycles. The van der Waals surface area contributed by atoms with Crippen LogP contribution in [0.1, 0.15) is 18.7 Å². The third-order valence-corrected chi connectivity index (χ3v) is 7.18. The van der Waals surface area contributed by atoms with E-state index in [9.17, 15) is 13.2 Å². The minimum atomic E-state index is -3.80. The van der Waals surface area contributed by atoms with Gasteiger partial charge in [0.15, 0.2) is 0 Å². The van der Waals surface area contributed by atoms with Gasteiger partial charge in [-0.2, -0.15) is 9.40 Å². The molecule has 1 saturated carbocycles. The maximum atomic E-state index is 13.1. The van der Waals surface area contributed by atoms with E-state index in [-0.39, 0.29) is 36.0 Å². The van der Waals surface area contributed by atoms with Crippen molar-refractivity contribution in [2.75, 3.05) is 20.2 Å². The third kappa shape index (κ3) is 3.51. The van der Waals surface area contributed by atoms with Crippen LogP contribution in [-0.2, 0) is 29.5 Å². The number of halogens is 1. The van der Waals surface area contributed by atoms with Gasteiger partial charge in [0.2, 0.25) is 10.0 Å². The maximum Gasteiger partial charge on any atom is 0.345 e. The van der Waals surface area contributed by atoms with Gasteiger partial charge in [0.25, 0.3) is 0 Å². The molecule has 1 aliphatic heterocycles. The SMILES string of the molecule is COc1ccc(Cl)cc1S(=O)(=O)N1CCc2nn(CC3CC3)c(=O)n2CC1. The van der Waals surface area contributed by atoms with E-state index in [4.69, 9.17) is 16.3 Å². The number of sulfonamides is 1. The van der Waals surface area contributed by atoms with Crippen LogP contribution in [0.4, 0.5) is 0 Å². The first-order chi connectivity index (χ1) is 12.9. The van der Waals surface area contributed by atoms with E-state index in [1.54, 1.807) is 10.6 Å². The van der Waals surface area contributed by atoms with Crippen LogP contribution >= 0.6 is 11.6 Å². The smallest absolute Gasteiger partial charge is 0.345 e. The fraction of sp³-hybridized carbons (Fsp3) is 0.529. The normalized spacial score (nSPS) is 18.1. The zero-order valence-electron chi connectivity index (χ0n) is 15.0. The molecule has 2 aliphatic rings. The number of hydrogen-bond acceptors (Lipinski definition) is 5. The first-order valence-electron chi connectivity index (χ1n) is 8.90. The molecule has 0 bridgehead atoms. The fourth-order valence-corrected chi connectivity index (χ4v) is 5.19. The molecular formula is C17H21ClN4O4S. The van der Waals surface area contributed by atoms with E-state index in [1.807, 2.05) is 0 Å². The largest absolute Gasteiger partial charge is 0.495 e. The summed E-state index contributed by atoms with van der Waals surface area (Å²) in [7, 11) is -2.39. The van der Waals surface area contributed by atoms with E-state index in [2.05, 4.69) is 5.10 Å². The number of hydrogen-bond donors (Lipinski definition) is 0. The van der Waals surface area contributed by atoms with Crippen LogP contribution in [0.3, 0.4) is 0 Å². The van der Waals surface area contributed by atoms with E-state index in [1.165, 1.54) is 28.2 Å². The summed E-state index contributed by atoms with van der Waals surface area (Å²) >= 11 is 5.99. The van der Waals surface area contributed by atoms with Crippen molar-refractivity contribution in [2.45, 2.75) is 37.2 Å². The van der Waals surface area contributed by atoms with Crippen molar-refractivity contribution in [2.24, 2.45) is 5.92 Å². The Balaban J connectivity index is 1.59. The molecule has 1 aromatic carbocycles. The Bertz CT molecular complexity index is 1030. The lowest BCUT2D eigenvalue weighted by Crippen LogP contribution is -2.35. The monoisotopic (exact) mass is 412 g/mol. The van der Waals surface area contributed by atoms with Gasteiger partial charge in [-0.25, -0.2) is 17.9 Å². The van der Waals surface area contributed by atoms with Gasteiger partial charge in [0.1, 0.15) is 16.5 Å². The van der Waals surface area contributed by atoms with Gasteiger partial charge in [0.05, 0.1) is 7.11 Å². The van der Waals surface area contributed by atoms with Gasteiger partial charge in [-0.15, -0.1) is 0 Å². The minimum absolute atomic E-state index is 0.0307. The minimum Gasteiger partial charge on any atom is -0.495 e. The van der Waals surface area contributed by atoms with Crippen LogP contribution in [0, 0.1) is 5.92 Å². The van der Waals surface area contributed by atoms with Gasteiger partial charge >= 0.3 is 5.69 Å².